The molecule has 2 aromatic heterocycles. The van der Waals surface area contributed by atoms with Gasteiger partial charge >= 0.3 is 6.18 Å². The molecule has 0 radical (unpaired) electrons. The van der Waals surface area contributed by atoms with Gasteiger partial charge in [0.2, 0.25) is 5.88 Å². The predicted octanol–water partition coefficient (Wildman–Crippen LogP) is 5.02. The van der Waals surface area contributed by atoms with Crippen LogP contribution in [0.3, 0.4) is 0 Å². The summed E-state index contributed by atoms with van der Waals surface area (Å²) in [7, 11) is 1.85. The highest BCUT2D eigenvalue weighted by Gasteiger charge is 2.42. The summed E-state index contributed by atoms with van der Waals surface area (Å²) >= 11 is 0. The van der Waals surface area contributed by atoms with Crippen LogP contribution in [0.1, 0.15) is 83.5 Å². The van der Waals surface area contributed by atoms with Crippen molar-refractivity contribution < 1.29 is 27.4 Å². The Kier molecular flexibility index (Phi) is 7.69. The molecule has 1 aliphatic carbocycles. The molecule has 2 atom stereocenters. The molecule has 6 rings (SSSR count). The van der Waals surface area contributed by atoms with Crippen LogP contribution in [0, 0.1) is 11.8 Å². The summed E-state index contributed by atoms with van der Waals surface area (Å²) < 4.78 is 56.2. The maximum absolute atomic E-state index is 14.4. The third kappa shape index (κ3) is 5.37. The monoisotopic (exact) mass is 584 g/mol. The number of carbonyl (C=O) groups is 1. The number of amides is 1. The number of rotatable bonds is 10. The smallest absolute Gasteiger partial charge is 0.416 e. The van der Waals surface area contributed by atoms with Gasteiger partial charge in [0.1, 0.15) is 18.0 Å². The average Bonchev–Trinajstić information content (AvgIpc) is 3.46. The molecule has 1 N–H and O–H groups in total. The first-order valence-corrected chi connectivity index (χ1v) is 14.5. The quantitative estimate of drug-likeness (QED) is 0.358. The SMILES string of the molecule is CCOc1cc([C@H](c2nncn2C)C2COC2)cc(N2Cc3c(cc([C@H](C)NCC4CCC4)cc3C(F)(F)F)C2=O)n1. The van der Waals surface area contributed by atoms with Crippen LogP contribution >= 0.6 is 0 Å². The molecule has 2 fully saturated rings. The molecule has 3 aromatic rings. The Labute approximate surface area is 242 Å². The van der Waals surface area contributed by atoms with Crippen molar-refractivity contribution in [1.29, 1.82) is 0 Å². The molecular formula is C30H35F3N6O3. The van der Waals surface area contributed by atoms with E-state index in [0.717, 1.165) is 24.9 Å². The van der Waals surface area contributed by atoms with Gasteiger partial charge in [-0.25, -0.2) is 0 Å². The topological polar surface area (TPSA) is 94.4 Å². The lowest BCUT2D eigenvalue weighted by atomic mass is 9.84. The summed E-state index contributed by atoms with van der Waals surface area (Å²) in [5, 5.41) is 11.7. The van der Waals surface area contributed by atoms with E-state index in [4.69, 9.17) is 9.47 Å². The van der Waals surface area contributed by atoms with Crippen molar-refractivity contribution in [3.63, 3.8) is 0 Å². The molecule has 1 aromatic carbocycles. The molecule has 0 unspecified atom stereocenters. The number of fused-ring (bicyclic) bond motifs is 1. The minimum atomic E-state index is -4.61. The summed E-state index contributed by atoms with van der Waals surface area (Å²) in [5.74, 6) is 1.15. The molecule has 9 nitrogen and oxygen atoms in total. The molecule has 1 saturated carbocycles. The molecule has 0 bridgehead atoms. The van der Waals surface area contributed by atoms with Crippen LogP contribution < -0.4 is 15.0 Å². The first-order valence-electron chi connectivity index (χ1n) is 14.5. The minimum Gasteiger partial charge on any atom is -0.478 e. The molecule has 42 heavy (non-hydrogen) atoms. The Bertz CT molecular complexity index is 1470. The molecule has 1 amide bonds. The van der Waals surface area contributed by atoms with E-state index in [1.54, 1.807) is 24.5 Å². The van der Waals surface area contributed by atoms with Gasteiger partial charge in [0.05, 0.1) is 37.8 Å². The largest absolute Gasteiger partial charge is 0.478 e. The van der Waals surface area contributed by atoms with Gasteiger partial charge in [0, 0.05) is 30.6 Å². The van der Waals surface area contributed by atoms with E-state index in [0.29, 0.717) is 37.1 Å². The molecule has 3 aliphatic rings. The molecule has 2 aliphatic heterocycles. The number of aromatic nitrogens is 4. The normalized spacial score (nSPS) is 18.9. The van der Waals surface area contributed by atoms with E-state index in [1.807, 2.05) is 25.5 Å². The van der Waals surface area contributed by atoms with E-state index in [2.05, 4.69) is 20.5 Å². The molecular weight excluding hydrogens is 549 g/mol. The van der Waals surface area contributed by atoms with Crippen LogP contribution in [0.4, 0.5) is 19.0 Å². The Morgan fingerprint density at radius 1 is 1.17 bits per heavy atom. The van der Waals surface area contributed by atoms with Crippen molar-refractivity contribution >= 4 is 11.7 Å². The van der Waals surface area contributed by atoms with Crippen LogP contribution in [-0.4, -0.2) is 52.0 Å². The van der Waals surface area contributed by atoms with Gasteiger partial charge in [-0.15, -0.1) is 10.2 Å². The molecule has 4 heterocycles. The van der Waals surface area contributed by atoms with Gasteiger partial charge < -0.3 is 19.4 Å². The first-order chi connectivity index (χ1) is 20.1. The molecule has 12 heteroatoms. The maximum atomic E-state index is 14.4. The van der Waals surface area contributed by atoms with Gasteiger partial charge in [0.15, 0.2) is 0 Å². The van der Waals surface area contributed by atoms with Crippen molar-refractivity contribution in [2.45, 2.75) is 57.8 Å². The van der Waals surface area contributed by atoms with Crippen LogP contribution in [0.5, 0.6) is 5.88 Å². The second kappa shape index (κ2) is 11.3. The Morgan fingerprint density at radius 2 is 1.95 bits per heavy atom. The third-order valence-electron chi connectivity index (χ3n) is 8.71. The summed E-state index contributed by atoms with van der Waals surface area (Å²) in [5.41, 5.74) is 0.457. The van der Waals surface area contributed by atoms with Crippen molar-refractivity contribution in [3.8, 4) is 5.88 Å². The van der Waals surface area contributed by atoms with E-state index in [-0.39, 0.29) is 47.2 Å². The van der Waals surface area contributed by atoms with E-state index in [9.17, 15) is 18.0 Å². The van der Waals surface area contributed by atoms with Gasteiger partial charge in [0.25, 0.3) is 5.91 Å². The number of benzene rings is 1. The van der Waals surface area contributed by atoms with Crippen LogP contribution in [0.2, 0.25) is 0 Å². The number of nitrogens with zero attached hydrogens (tertiary/aromatic N) is 5. The van der Waals surface area contributed by atoms with Crippen molar-refractivity contribution in [1.82, 2.24) is 25.1 Å². The summed E-state index contributed by atoms with van der Waals surface area (Å²) in [6, 6.07) is 6.01. The van der Waals surface area contributed by atoms with E-state index < -0.39 is 17.6 Å². The van der Waals surface area contributed by atoms with E-state index in [1.165, 1.54) is 17.4 Å². The number of alkyl halides is 3. The highest BCUT2D eigenvalue weighted by Crippen LogP contribution is 2.42. The minimum absolute atomic E-state index is 0.0372. The number of carbonyl (C=O) groups excluding carboxylic acids is 1. The zero-order valence-corrected chi connectivity index (χ0v) is 23.9. The van der Waals surface area contributed by atoms with Crippen LogP contribution in [0.15, 0.2) is 30.6 Å². The Morgan fingerprint density at radius 3 is 2.55 bits per heavy atom. The Balaban J connectivity index is 1.37. The second-order valence-corrected chi connectivity index (χ2v) is 11.5. The first kappa shape index (κ1) is 28.6. The van der Waals surface area contributed by atoms with E-state index >= 15 is 0 Å². The number of halogens is 3. The van der Waals surface area contributed by atoms with Crippen LogP contribution in [-0.2, 0) is 24.5 Å². The summed E-state index contributed by atoms with van der Waals surface area (Å²) in [4.78, 5) is 19.7. The van der Waals surface area contributed by atoms with Crippen molar-refractivity contribution in [2.24, 2.45) is 18.9 Å². The maximum Gasteiger partial charge on any atom is 0.416 e. The Hall–Kier alpha value is -3.51. The standard InChI is InChI=1S/C30H35F3N6O3/c1-4-42-26-11-20(27(21-14-41-15-21)28-37-35-16-38(28)3)10-25(36-26)39-13-23-22(29(39)40)8-19(9-24(23)30(31,32)33)17(2)34-12-18-6-5-7-18/h8-11,16-18,21,27,34H,4-7,12-15H2,1-3H3/t17-,27-/m0/s1. The fraction of sp³-hybridized carbons (Fsp3) is 0.533. The highest BCUT2D eigenvalue weighted by molar-refractivity contribution is 6.10. The average molecular weight is 585 g/mol. The van der Waals surface area contributed by atoms with Gasteiger partial charge in [-0.05, 0) is 74.0 Å². The van der Waals surface area contributed by atoms with Crippen LogP contribution in [0.25, 0.3) is 0 Å². The number of pyridine rings is 1. The van der Waals surface area contributed by atoms with Gasteiger partial charge in [-0.1, -0.05) is 6.42 Å². The van der Waals surface area contributed by atoms with Crippen molar-refractivity contribution in [2.75, 3.05) is 31.3 Å². The fourth-order valence-electron chi connectivity index (χ4n) is 5.98. The van der Waals surface area contributed by atoms with Gasteiger partial charge in [-0.3, -0.25) is 9.69 Å². The van der Waals surface area contributed by atoms with Crippen molar-refractivity contribution in [3.05, 3.63) is 64.2 Å². The third-order valence-corrected chi connectivity index (χ3v) is 8.71. The number of hydrogen-bond acceptors (Lipinski definition) is 7. The number of ether oxygens (including phenoxy) is 2. The summed E-state index contributed by atoms with van der Waals surface area (Å²) in [6.07, 6.45) is 0.456. The summed E-state index contributed by atoms with van der Waals surface area (Å²) in [6.45, 7) is 5.55. The number of aryl methyl sites for hydroxylation is 1. The zero-order valence-electron chi connectivity index (χ0n) is 23.9. The zero-order chi connectivity index (χ0) is 29.6. The lowest BCUT2D eigenvalue weighted by molar-refractivity contribution is -0.138. The lowest BCUT2D eigenvalue weighted by Gasteiger charge is -2.33. The molecule has 1 saturated heterocycles. The highest BCUT2D eigenvalue weighted by atomic mass is 19.4. The predicted molar refractivity (Wildman–Crippen MR) is 148 cm³/mol. The lowest BCUT2D eigenvalue weighted by Crippen LogP contribution is -2.35. The molecule has 224 valence electrons. The number of nitrogens with one attached hydrogen (secondary N) is 1. The van der Waals surface area contributed by atoms with Gasteiger partial charge in [-0.2, -0.15) is 18.2 Å². The fourth-order valence-corrected chi connectivity index (χ4v) is 5.98. The number of anilines is 1. The molecule has 0 spiro atoms. The second-order valence-electron chi connectivity index (χ2n) is 11.5. The number of hydrogen-bond donors (Lipinski definition) is 1.